The standard InChI is InChI=1S/C18H19NO3/c1-13(11-17(20)14-7-5-4-6-8-14)19-16-10-9-15(21-2)12-18(16)22-3/h4-12,19H,1-3H3. The zero-order valence-corrected chi connectivity index (χ0v) is 12.9. The first-order chi connectivity index (χ1) is 10.6. The molecule has 0 saturated heterocycles. The molecule has 0 heterocycles. The van der Waals surface area contributed by atoms with Crippen LogP contribution in [0.1, 0.15) is 17.3 Å². The third-order valence-corrected chi connectivity index (χ3v) is 3.15. The summed E-state index contributed by atoms with van der Waals surface area (Å²) in [6.07, 6.45) is 1.57. The van der Waals surface area contributed by atoms with E-state index in [1.165, 1.54) is 0 Å². The van der Waals surface area contributed by atoms with E-state index in [1.807, 2.05) is 37.3 Å². The van der Waals surface area contributed by atoms with Gasteiger partial charge in [-0.3, -0.25) is 4.79 Å². The number of rotatable bonds is 6. The van der Waals surface area contributed by atoms with Gasteiger partial charge in [-0.15, -0.1) is 0 Å². The number of hydrogen-bond acceptors (Lipinski definition) is 4. The molecule has 0 saturated carbocycles. The van der Waals surface area contributed by atoms with Crippen molar-refractivity contribution < 1.29 is 14.3 Å². The number of carbonyl (C=O) groups excluding carboxylic acids is 1. The lowest BCUT2D eigenvalue weighted by atomic mass is 10.1. The molecule has 2 aromatic rings. The molecule has 2 aromatic carbocycles. The summed E-state index contributed by atoms with van der Waals surface area (Å²) in [5, 5.41) is 3.17. The number of ether oxygens (including phenoxy) is 2. The average Bonchev–Trinajstić information content (AvgIpc) is 2.55. The van der Waals surface area contributed by atoms with Gasteiger partial charge in [0.05, 0.1) is 19.9 Å². The molecule has 2 rings (SSSR count). The molecule has 22 heavy (non-hydrogen) atoms. The lowest BCUT2D eigenvalue weighted by Gasteiger charge is -2.12. The summed E-state index contributed by atoms with van der Waals surface area (Å²) < 4.78 is 10.5. The summed E-state index contributed by atoms with van der Waals surface area (Å²) in [5.41, 5.74) is 2.17. The predicted molar refractivity (Wildman–Crippen MR) is 87.7 cm³/mol. The third kappa shape index (κ3) is 3.88. The Kier molecular flexibility index (Phi) is 5.20. The van der Waals surface area contributed by atoms with Crippen LogP contribution in [0.4, 0.5) is 5.69 Å². The van der Waals surface area contributed by atoms with Crippen molar-refractivity contribution in [3.8, 4) is 11.5 Å². The quantitative estimate of drug-likeness (QED) is 0.649. The molecule has 0 radical (unpaired) electrons. The first-order valence-corrected chi connectivity index (χ1v) is 6.90. The van der Waals surface area contributed by atoms with Crippen LogP contribution in [-0.2, 0) is 0 Å². The van der Waals surface area contributed by atoms with Gasteiger partial charge < -0.3 is 14.8 Å². The number of hydrogen-bond donors (Lipinski definition) is 1. The minimum Gasteiger partial charge on any atom is -0.497 e. The maximum Gasteiger partial charge on any atom is 0.187 e. The Morgan fingerprint density at radius 2 is 1.77 bits per heavy atom. The van der Waals surface area contributed by atoms with Gasteiger partial charge in [0.1, 0.15) is 11.5 Å². The molecule has 0 unspecified atom stereocenters. The average molecular weight is 297 g/mol. The van der Waals surface area contributed by atoms with Gasteiger partial charge in [0.2, 0.25) is 0 Å². The van der Waals surface area contributed by atoms with Gasteiger partial charge in [-0.2, -0.15) is 0 Å². The van der Waals surface area contributed by atoms with Gasteiger partial charge in [0.15, 0.2) is 5.78 Å². The minimum absolute atomic E-state index is 0.0434. The zero-order chi connectivity index (χ0) is 15.9. The second-order valence-corrected chi connectivity index (χ2v) is 4.75. The van der Waals surface area contributed by atoms with Crippen LogP contribution in [0.2, 0.25) is 0 Å². The lowest BCUT2D eigenvalue weighted by molar-refractivity contribution is 0.104. The van der Waals surface area contributed by atoms with Crippen molar-refractivity contribution in [1.82, 2.24) is 0 Å². The highest BCUT2D eigenvalue weighted by molar-refractivity contribution is 6.05. The van der Waals surface area contributed by atoms with Crippen molar-refractivity contribution in [2.24, 2.45) is 0 Å². The van der Waals surface area contributed by atoms with E-state index < -0.39 is 0 Å². The molecule has 0 amide bonds. The summed E-state index contributed by atoms with van der Waals surface area (Å²) in [5.74, 6) is 1.32. The fourth-order valence-corrected chi connectivity index (χ4v) is 2.03. The Morgan fingerprint density at radius 3 is 2.41 bits per heavy atom. The van der Waals surface area contributed by atoms with E-state index in [0.29, 0.717) is 17.1 Å². The molecule has 0 aliphatic heterocycles. The summed E-state index contributed by atoms with van der Waals surface area (Å²) in [6, 6.07) is 14.6. The van der Waals surface area contributed by atoms with Gasteiger partial charge in [-0.1, -0.05) is 30.3 Å². The Balaban J connectivity index is 2.16. The monoisotopic (exact) mass is 297 g/mol. The second kappa shape index (κ2) is 7.31. The van der Waals surface area contributed by atoms with Gasteiger partial charge in [0.25, 0.3) is 0 Å². The number of nitrogens with one attached hydrogen (secondary N) is 1. The lowest BCUT2D eigenvalue weighted by Crippen LogP contribution is -2.02. The number of ketones is 1. The highest BCUT2D eigenvalue weighted by Crippen LogP contribution is 2.29. The number of anilines is 1. The van der Waals surface area contributed by atoms with E-state index in [-0.39, 0.29) is 5.78 Å². The smallest absolute Gasteiger partial charge is 0.187 e. The van der Waals surface area contributed by atoms with Crippen LogP contribution in [0, 0.1) is 0 Å². The van der Waals surface area contributed by atoms with Crippen LogP contribution >= 0.6 is 0 Å². The van der Waals surface area contributed by atoms with Crippen molar-refractivity contribution in [3.63, 3.8) is 0 Å². The van der Waals surface area contributed by atoms with E-state index >= 15 is 0 Å². The molecular weight excluding hydrogens is 278 g/mol. The molecule has 4 nitrogen and oxygen atoms in total. The van der Waals surface area contributed by atoms with Crippen LogP contribution in [0.3, 0.4) is 0 Å². The van der Waals surface area contributed by atoms with E-state index in [4.69, 9.17) is 9.47 Å². The van der Waals surface area contributed by atoms with Gasteiger partial charge in [0, 0.05) is 23.4 Å². The van der Waals surface area contributed by atoms with Crippen LogP contribution in [0.5, 0.6) is 11.5 Å². The Morgan fingerprint density at radius 1 is 1.05 bits per heavy atom. The molecule has 0 aliphatic rings. The normalized spacial score (nSPS) is 11.0. The first kappa shape index (κ1) is 15.6. The molecule has 0 atom stereocenters. The zero-order valence-electron chi connectivity index (χ0n) is 12.9. The fraction of sp³-hybridized carbons (Fsp3) is 0.167. The number of benzene rings is 2. The second-order valence-electron chi connectivity index (χ2n) is 4.75. The molecular formula is C18H19NO3. The highest BCUT2D eigenvalue weighted by atomic mass is 16.5. The van der Waals surface area contributed by atoms with Crippen LogP contribution < -0.4 is 14.8 Å². The number of carbonyl (C=O) groups is 1. The predicted octanol–water partition coefficient (Wildman–Crippen LogP) is 3.90. The van der Waals surface area contributed by atoms with Crippen molar-refractivity contribution in [3.05, 3.63) is 65.9 Å². The van der Waals surface area contributed by atoms with Crippen molar-refractivity contribution >= 4 is 11.5 Å². The van der Waals surface area contributed by atoms with Gasteiger partial charge in [-0.25, -0.2) is 0 Å². The largest absolute Gasteiger partial charge is 0.497 e. The van der Waals surface area contributed by atoms with E-state index in [0.717, 1.165) is 11.4 Å². The highest BCUT2D eigenvalue weighted by Gasteiger charge is 2.07. The molecule has 1 N–H and O–H groups in total. The van der Waals surface area contributed by atoms with Crippen molar-refractivity contribution in [2.75, 3.05) is 19.5 Å². The van der Waals surface area contributed by atoms with Crippen LogP contribution in [-0.4, -0.2) is 20.0 Å². The first-order valence-electron chi connectivity index (χ1n) is 6.90. The summed E-state index contributed by atoms with van der Waals surface area (Å²) in [4.78, 5) is 12.1. The van der Waals surface area contributed by atoms with E-state index in [1.54, 1.807) is 38.5 Å². The number of allylic oxidation sites excluding steroid dienone is 2. The molecule has 114 valence electrons. The Hall–Kier alpha value is -2.75. The van der Waals surface area contributed by atoms with Gasteiger partial charge >= 0.3 is 0 Å². The summed E-state index contributed by atoms with van der Waals surface area (Å²) in [6.45, 7) is 1.84. The van der Waals surface area contributed by atoms with Crippen molar-refractivity contribution in [2.45, 2.75) is 6.92 Å². The Labute approximate surface area is 130 Å². The maximum absolute atomic E-state index is 12.1. The topological polar surface area (TPSA) is 47.6 Å². The maximum atomic E-state index is 12.1. The van der Waals surface area contributed by atoms with E-state index in [9.17, 15) is 4.79 Å². The molecule has 0 aliphatic carbocycles. The van der Waals surface area contributed by atoms with E-state index in [2.05, 4.69) is 5.32 Å². The molecule has 0 fully saturated rings. The minimum atomic E-state index is -0.0434. The van der Waals surface area contributed by atoms with Crippen molar-refractivity contribution in [1.29, 1.82) is 0 Å². The molecule has 4 heteroatoms. The number of methoxy groups -OCH3 is 2. The third-order valence-electron chi connectivity index (χ3n) is 3.15. The van der Waals surface area contributed by atoms with Crippen LogP contribution in [0.15, 0.2) is 60.3 Å². The SMILES string of the molecule is COc1ccc(NC(C)=CC(=O)c2ccccc2)c(OC)c1. The Bertz CT molecular complexity index is 678. The molecule has 0 bridgehead atoms. The summed E-state index contributed by atoms with van der Waals surface area (Å²) >= 11 is 0. The van der Waals surface area contributed by atoms with Crippen LogP contribution in [0.25, 0.3) is 0 Å². The summed E-state index contributed by atoms with van der Waals surface area (Å²) in [7, 11) is 3.19. The fourth-order valence-electron chi connectivity index (χ4n) is 2.03. The molecule has 0 spiro atoms. The molecule has 0 aromatic heterocycles. The van der Waals surface area contributed by atoms with Gasteiger partial charge in [-0.05, 0) is 19.1 Å².